The van der Waals surface area contributed by atoms with Gasteiger partial charge < -0.3 is 30.0 Å². The topological polar surface area (TPSA) is 130 Å². The molecule has 10 nitrogen and oxygen atoms in total. The van der Waals surface area contributed by atoms with Crippen LogP contribution in [0.4, 0.5) is 0 Å². The molecule has 0 amide bonds. The first-order valence-electron chi connectivity index (χ1n) is 21.4. The van der Waals surface area contributed by atoms with Crippen LogP contribution >= 0.6 is 0 Å². The molecule has 0 saturated carbocycles. The van der Waals surface area contributed by atoms with Crippen LogP contribution in [0.1, 0.15) is 106 Å². The molecule has 0 aliphatic carbocycles. The molecular formula is C55H64KNO9. The van der Waals surface area contributed by atoms with Crippen LogP contribution in [0.3, 0.4) is 0 Å². The van der Waals surface area contributed by atoms with E-state index in [1.165, 1.54) is 7.11 Å². The molecule has 1 N–H and O–H groups in total. The maximum absolute atomic E-state index is 12.8. The van der Waals surface area contributed by atoms with Crippen molar-refractivity contribution >= 4 is 23.3 Å². The van der Waals surface area contributed by atoms with E-state index < -0.39 is 23.2 Å². The summed E-state index contributed by atoms with van der Waals surface area (Å²) < 4.78 is 23.2. The van der Waals surface area contributed by atoms with Gasteiger partial charge in [-0.25, -0.2) is 4.79 Å². The van der Waals surface area contributed by atoms with Gasteiger partial charge in [-0.3, -0.25) is 14.4 Å². The first-order valence-corrected chi connectivity index (χ1v) is 21.4. The Kier molecular flexibility index (Phi) is 21.3. The second-order valence-electron chi connectivity index (χ2n) is 16.7. The number of nitrogens with zero attached hydrogens (tertiary/aromatic N) is 1. The Labute approximate surface area is 434 Å². The number of aromatic nitrogens is 1. The van der Waals surface area contributed by atoms with Crippen molar-refractivity contribution in [2.45, 2.75) is 103 Å². The minimum absolute atomic E-state index is 0. The van der Waals surface area contributed by atoms with E-state index in [0.717, 1.165) is 5.56 Å². The molecule has 5 unspecified atom stereocenters. The van der Waals surface area contributed by atoms with E-state index in [1.807, 2.05) is 126 Å². The first-order chi connectivity index (χ1) is 30.4. The molecular weight excluding hydrogens is 858 g/mol. The van der Waals surface area contributed by atoms with Crippen molar-refractivity contribution in [3.8, 4) is 5.75 Å². The number of hydrogen-bond donors (Lipinski definition) is 1. The number of aromatic hydroxyl groups is 1. The molecule has 5 aromatic rings. The average molecular weight is 922 g/mol. The Hall–Kier alpha value is -4.82. The fourth-order valence-electron chi connectivity index (χ4n) is 7.39. The van der Waals surface area contributed by atoms with Gasteiger partial charge in [-0.1, -0.05) is 135 Å². The first kappa shape index (κ1) is 55.5. The minimum Gasteiger partial charge on any atom is -1.00 e. The molecule has 3 aliphatic heterocycles. The molecule has 0 radical (unpaired) electrons. The molecule has 344 valence electrons. The van der Waals surface area contributed by atoms with Gasteiger partial charge in [0.25, 0.3) is 0 Å². The van der Waals surface area contributed by atoms with Crippen LogP contribution in [-0.4, -0.2) is 75.2 Å². The van der Waals surface area contributed by atoms with Crippen LogP contribution in [0.5, 0.6) is 5.75 Å². The predicted octanol–water partition coefficient (Wildman–Crippen LogP) is 8.08. The zero-order valence-corrected chi connectivity index (χ0v) is 42.0. The van der Waals surface area contributed by atoms with E-state index in [1.54, 1.807) is 71.4 Å². The Morgan fingerprint density at radius 1 is 0.621 bits per heavy atom. The zero-order chi connectivity index (χ0) is 46.5. The quantitative estimate of drug-likeness (QED) is 0.0640. The minimum atomic E-state index is -0.791. The van der Waals surface area contributed by atoms with Crippen molar-refractivity contribution < 1.29 is 96.0 Å². The van der Waals surface area contributed by atoms with Gasteiger partial charge in [-0.2, -0.15) is 0 Å². The zero-order valence-electron chi connectivity index (χ0n) is 39.8. The van der Waals surface area contributed by atoms with E-state index >= 15 is 0 Å². The molecule has 11 heteroatoms. The van der Waals surface area contributed by atoms with Gasteiger partial charge >= 0.3 is 57.4 Å². The van der Waals surface area contributed by atoms with Gasteiger partial charge in [-0.05, 0) is 90.4 Å². The van der Waals surface area contributed by atoms with Gasteiger partial charge in [0, 0.05) is 29.3 Å². The van der Waals surface area contributed by atoms with Crippen molar-refractivity contribution in [2.75, 3.05) is 7.11 Å². The number of carbonyl (C=O) groups excluding carboxylic acids is 4. The molecule has 3 aliphatic rings. The van der Waals surface area contributed by atoms with Gasteiger partial charge in [0.2, 0.25) is 5.78 Å². The van der Waals surface area contributed by atoms with E-state index in [-0.39, 0.29) is 101 Å². The number of ether oxygens (including phenoxy) is 4. The normalized spacial score (nSPS) is 22.0. The van der Waals surface area contributed by atoms with Crippen molar-refractivity contribution in [1.82, 2.24) is 4.57 Å². The monoisotopic (exact) mass is 921 g/mol. The van der Waals surface area contributed by atoms with Gasteiger partial charge in [-0.15, -0.1) is 0 Å². The third-order valence-electron chi connectivity index (χ3n) is 10.7. The van der Waals surface area contributed by atoms with E-state index in [0.29, 0.717) is 34.9 Å². The van der Waals surface area contributed by atoms with E-state index in [2.05, 4.69) is 26.0 Å². The van der Waals surface area contributed by atoms with Crippen LogP contribution < -0.4 is 51.4 Å². The number of benzene rings is 4. The summed E-state index contributed by atoms with van der Waals surface area (Å²) in [7, 11) is 1.33. The van der Waals surface area contributed by atoms with Gasteiger partial charge in [0.15, 0.2) is 11.6 Å². The summed E-state index contributed by atoms with van der Waals surface area (Å²) in [6.07, 6.45) is 14.1. The van der Waals surface area contributed by atoms with E-state index in [9.17, 15) is 24.3 Å². The van der Waals surface area contributed by atoms with E-state index in [4.69, 9.17) is 18.9 Å². The van der Waals surface area contributed by atoms with Crippen molar-refractivity contribution in [2.24, 2.45) is 0 Å². The van der Waals surface area contributed by atoms with Gasteiger partial charge in [0.1, 0.15) is 23.0 Å². The number of methoxy groups -OCH3 is 1. The fraction of sp³-hybridized carbons (Fsp3) is 0.309. The number of carbonyl (C=O) groups is 4. The fourth-order valence-corrected chi connectivity index (χ4v) is 7.39. The number of Topliss-reactive ketones (excluding diaryl/α,β-unsaturated/α-hetero) is 2. The van der Waals surface area contributed by atoms with Crippen LogP contribution in [-0.2, 0) is 30.2 Å². The number of phenols is 1. The molecule has 66 heavy (non-hydrogen) atoms. The molecule has 6 atom stereocenters. The van der Waals surface area contributed by atoms with Crippen molar-refractivity contribution in [3.05, 3.63) is 198 Å². The molecule has 8 rings (SSSR count). The number of esters is 1. The van der Waals surface area contributed by atoms with Crippen molar-refractivity contribution in [3.63, 3.8) is 0 Å². The molecule has 0 fully saturated rings. The Balaban J connectivity index is 0.000000325. The standard InChI is InChI=1S/C21H19NO4.2C13H14O2.C7H12O.CH4.K.H/c1-26-21(25)19(14-15-9-11-17(23)12-10-15)22-13-5-8-18(22)20(24)16-6-3-2-4-7-16;2*1-10-8-9-13(2,15-10)12(14)11-6-4-3-5-7-11;1-6-4-5-7(2,3)8-6;;;/h2-13,19,23H,14H2,1H3;2*3-10H,1-2H3;4-6H,1-3H3;1H4;;/q;;;;;+1;-1/t19-;;;;;;/m0....../s1. The summed E-state index contributed by atoms with van der Waals surface area (Å²) in [6.45, 7) is 13.6. The molecule has 0 spiro atoms. The van der Waals surface area contributed by atoms with Gasteiger partial charge in [0.05, 0.1) is 36.7 Å². The van der Waals surface area contributed by atoms with Crippen LogP contribution in [0, 0.1) is 0 Å². The smallest absolute Gasteiger partial charge is 1.00 e. The third kappa shape index (κ3) is 15.4. The molecule has 4 aromatic carbocycles. The maximum Gasteiger partial charge on any atom is 1.00 e. The summed E-state index contributed by atoms with van der Waals surface area (Å²) in [4.78, 5) is 49.5. The average Bonchev–Trinajstić information content (AvgIpc) is 4.10. The summed E-state index contributed by atoms with van der Waals surface area (Å²) in [5.41, 5.74) is 1.62. The summed E-state index contributed by atoms with van der Waals surface area (Å²) in [5, 5.41) is 9.43. The number of rotatable bonds is 10. The third-order valence-corrected chi connectivity index (χ3v) is 10.7. The Morgan fingerprint density at radius 3 is 1.41 bits per heavy atom. The second kappa shape index (κ2) is 25.3. The molecule has 0 saturated heterocycles. The number of hydrogen-bond acceptors (Lipinski definition) is 9. The van der Waals surface area contributed by atoms with Crippen LogP contribution in [0.2, 0.25) is 0 Å². The number of phenolic OH excluding ortho intramolecular Hbond substituents is 1. The molecule has 4 heterocycles. The summed E-state index contributed by atoms with van der Waals surface area (Å²) in [6, 6.07) is 36.8. The maximum atomic E-state index is 12.8. The summed E-state index contributed by atoms with van der Waals surface area (Å²) in [5.74, 6) is -0.400. The largest absolute Gasteiger partial charge is 1.00 e. The Bertz CT molecular complexity index is 2350. The molecule has 1 aromatic heterocycles. The Morgan fingerprint density at radius 2 is 1.05 bits per heavy atom. The predicted molar refractivity (Wildman–Crippen MR) is 257 cm³/mol. The molecule has 0 bridgehead atoms. The van der Waals surface area contributed by atoms with Crippen LogP contribution in [0.15, 0.2) is 170 Å². The second-order valence-corrected chi connectivity index (χ2v) is 16.7. The SMILES string of the molecule is C.CC1C=CC(C)(C(=O)c2ccccc2)O1.CC1C=CC(C)(C(=O)c2ccccc2)O1.CC1C=CC(C)(C)O1.COC(=O)[C@H](Cc1ccc(O)cc1)n1cccc1C(=O)c1ccccc1.[H-].[K+]. The van der Waals surface area contributed by atoms with Crippen LogP contribution in [0.25, 0.3) is 0 Å². The summed E-state index contributed by atoms with van der Waals surface area (Å²) >= 11 is 0. The number of ketones is 3. The van der Waals surface area contributed by atoms with Crippen molar-refractivity contribution in [1.29, 1.82) is 0 Å².